The summed E-state index contributed by atoms with van der Waals surface area (Å²) in [4.78, 5) is 2.69. The molecule has 0 amide bonds. The number of hydrogen-bond acceptors (Lipinski definition) is 2. The van der Waals surface area contributed by atoms with Crippen LogP contribution in [0.3, 0.4) is 0 Å². The Labute approximate surface area is 129 Å². The zero-order chi connectivity index (χ0) is 15.1. The molecule has 2 aliphatic rings. The molecule has 1 aliphatic heterocycles. The van der Waals surface area contributed by atoms with Gasteiger partial charge in [-0.2, -0.15) is 0 Å². The van der Waals surface area contributed by atoms with Crippen LogP contribution in [0.1, 0.15) is 57.2 Å². The summed E-state index contributed by atoms with van der Waals surface area (Å²) in [6.07, 6.45) is 5.09. The van der Waals surface area contributed by atoms with Crippen LogP contribution in [-0.4, -0.2) is 29.1 Å². The van der Waals surface area contributed by atoms with Crippen molar-refractivity contribution in [3.8, 4) is 0 Å². The monoisotopic (exact) mass is 286 g/mol. The molecule has 0 spiro atoms. The second-order valence-electron chi connectivity index (χ2n) is 7.90. The molecule has 1 unspecified atom stereocenters. The summed E-state index contributed by atoms with van der Waals surface area (Å²) in [5, 5.41) is 3.72. The summed E-state index contributed by atoms with van der Waals surface area (Å²) < 4.78 is 0. The fourth-order valence-electron chi connectivity index (χ4n) is 3.80. The molecule has 2 nitrogen and oxygen atoms in total. The van der Waals surface area contributed by atoms with E-state index in [0.29, 0.717) is 0 Å². The van der Waals surface area contributed by atoms with Gasteiger partial charge in [-0.05, 0) is 63.1 Å². The fraction of sp³-hybridized carbons (Fsp3) is 0.684. The lowest BCUT2D eigenvalue weighted by Crippen LogP contribution is -2.66. The van der Waals surface area contributed by atoms with Crippen molar-refractivity contribution in [1.29, 1.82) is 0 Å². The molecule has 1 aromatic carbocycles. The van der Waals surface area contributed by atoms with Gasteiger partial charge in [0.2, 0.25) is 0 Å². The Balaban J connectivity index is 1.80. The van der Waals surface area contributed by atoms with Crippen LogP contribution in [0.25, 0.3) is 0 Å². The van der Waals surface area contributed by atoms with E-state index in [1.807, 2.05) is 0 Å². The molecule has 0 saturated carbocycles. The Morgan fingerprint density at radius 3 is 2.67 bits per heavy atom. The van der Waals surface area contributed by atoms with E-state index in [0.717, 1.165) is 19.6 Å². The van der Waals surface area contributed by atoms with Crippen LogP contribution in [0.15, 0.2) is 18.2 Å². The van der Waals surface area contributed by atoms with Crippen LogP contribution < -0.4 is 5.32 Å². The van der Waals surface area contributed by atoms with Gasteiger partial charge >= 0.3 is 0 Å². The van der Waals surface area contributed by atoms with Crippen molar-refractivity contribution in [1.82, 2.24) is 10.2 Å². The molecular formula is C19H30N2. The van der Waals surface area contributed by atoms with Gasteiger partial charge in [0.05, 0.1) is 0 Å². The summed E-state index contributed by atoms with van der Waals surface area (Å²) >= 11 is 0. The Kier molecular flexibility index (Phi) is 3.87. The van der Waals surface area contributed by atoms with E-state index < -0.39 is 0 Å². The Bertz CT molecular complexity index is 520. The zero-order valence-corrected chi connectivity index (χ0v) is 14.1. The number of hydrogen-bond donors (Lipinski definition) is 1. The van der Waals surface area contributed by atoms with Crippen LogP contribution in [0.2, 0.25) is 0 Å². The minimum Gasteiger partial charge on any atom is -0.309 e. The predicted molar refractivity (Wildman–Crippen MR) is 89.7 cm³/mol. The molecule has 1 fully saturated rings. The largest absolute Gasteiger partial charge is 0.309 e. The Morgan fingerprint density at radius 2 is 1.90 bits per heavy atom. The van der Waals surface area contributed by atoms with Crippen LogP contribution in [0.4, 0.5) is 0 Å². The number of fused-ring (bicyclic) bond motifs is 1. The molecular weight excluding hydrogens is 256 g/mol. The molecule has 3 rings (SSSR count). The second-order valence-corrected chi connectivity index (χ2v) is 7.90. The lowest BCUT2D eigenvalue weighted by atomic mass is 9.87. The first-order valence-electron chi connectivity index (χ1n) is 8.53. The van der Waals surface area contributed by atoms with Crippen molar-refractivity contribution < 1.29 is 0 Å². The number of rotatable bonds is 3. The van der Waals surface area contributed by atoms with E-state index in [9.17, 15) is 0 Å². The van der Waals surface area contributed by atoms with Crippen LogP contribution >= 0.6 is 0 Å². The maximum atomic E-state index is 3.72. The number of aryl methyl sites for hydroxylation is 2. The third-order valence-corrected chi connectivity index (χ3v) is 5.60. The highest BCUT2D eigenvalue weighted by atomic mass is 15.3. The van der Waals surface area contributed by atoms with E-state index in [2.05, 4.69) is 56.1 Å². The van der Waals surface area contributed by atoms with Crippen molar-refractivity contribution in [2.45, 2.75) is 71.0 Å². The van der Waals surface area contributed by atoms with E-state index in [1.54, 1.807) is 11.1 Å². The highest BCUT2D eigenvalue weighted by Gasteiger charge is 2.39. The first kappa shape index (κ1) is 15.1. The van der Waals surface area contributed by atoms with Gasteiger partial charge in [0.1, 0.15) is 0 Å². The first-order valence-corrected chi connectivity index (χ1v) is 8.53. The number of nitrogens with one attached hydrogen (secondary N) is 1. The molecule has 0 aromatic heterocycles. The van der Waals surface area contributed by atoms with Gasteiger partial charge in [-0.25, -0.2) is 0 Å². The molecule has 0 bridgehead atoms. The number of nitrogens with zero attached hydrogens (tertiary/aromatic N) is 1. The number of piperazine rings is 1. The topological polar surface area (TPSA) is 15.3 Å². The van der Waals surface area contributed by atoms with Gasteiger partial charge in [0, 0.05) is 30.7 Å². The lowest BCUT2D eigenvalue weighted by molar-refractivity contribution is 0.0175. The molecule has 1 aromatic rings. The quantitative estimate of drug-likeness (QED) is 0.914. The third kappa shape index (κ3) is 3.02. The normalized spacial score (nSPS) is 28.6. The second kappa shape index (κ2) is 5.40. The summed E-state index contributed by atoms with van der Waals surface area (Å²) in [6.45, 7) is 12.6. The molecule has 2 heteroatoms. The highest BCUT2D eigenvalue weighted by molar-refractivity contribution is 5.35. The maximum absolute atomic E-state index is 3.72. The molecule has 1 N–H and O–H groups in total. The zero-order valence-electron chi connectivity index (χ0n) is 14.1. The highest BCUT2D eigenvalue weighted by Crippen LogP contribution is 2.30. The molecule has 21 heavy (non-hydrogen) atoms. The Morgan fingerprint density at radius 1 is 1.14 bits per heavy atom. The van der Waals surface area contributed by atoms with E-state index in [4.69, 9.17) is 0 Å². The van der Waals surface area contributed by atoms with Crippen LogP contribution in [-0.2, 0) is 19.4 Å². The van der Waals surface area contributed by atoms with E-state index in [-0.39, 0.29) is 11.1 Å². The average molecular weight is 286 g/mol. The van der Waals surface area contributed by atoms with Crippen LogP contribution in [0, 0.1) is 0 Å². The minimum atomic E-state index is 0.214. The molecule has 1 saturated heterocycles. The Hall–Kier alpha value is -0.860. The van der Waals surface area contributed by atoms with Gasteiger partial charge in [-0.1, -0.05) is 25.1 Å². The van der Waals surface area contributed by atoms with Gasteiger partial charge in [0.25, 0.3) is 0 Å². The molecule has 1 aliphatic carbocycles. The maximum Gasteiger partial charge on any atom is 0.0307 e. The first-order chi connectivity index (χ1) is 9.92. The summed E-state index contributed by atoms with van der Waals surface area (Å²) in [5.74, 6) is 0. The van der Waals surface area contributed by atoms with Gasteiger partial charge < -0.3 is 5.32 Å². The standard InChI is InChI=1S/C19H30N2/c1-5-19(4)13-20-18(2,3)14-21(19)12-15-9-10-16-7-6-8-17(16)11-15/h9-11,20H,5-8,12-14H2,1-4H3. The number of benzene rings is 1. The molecule has 1 heterocycles. The summed E-state index contributed by atoms with van der Waals surface area (Å²) in [5.41, 5.74) is 5.16. The van der Waals surface area contributed by atoms with E-state index >= 15 is 0 Å². The van der Waals surface area contributed by atoms with Gasteiger partial charge in [-0.3, -0.25) is 4.90 Å². The minimum absolute atomic E-state index is 0.214. The van der Waals surface area contributed by atoms with Crippen molar-refractivity contribution in [3.05, 3.63) is 34.9 Å². The molecule has 0 radical (unpaired) electrons. The van der Waals surface area contributed by atoms with Crippen molar-refractivity contribution >= 4 is 0 Å². The smallest absolute Gasteiger partial charge is 0.0307 e. The van der Waals surface area contributed by atoms with E-state index in [1.165, 1.54) is 31.2 Å². The lowest BCUT2D eigenvalue weighted by Gasteiger charge is -2.51. The SMILES string of the molecule is CCC1(C)CNC(C)(C)CN1Cc1ccc2c(c1)CCC2. The van der Waals surface area contributed by atoms with Crippen molar-refractivity contribution in [3.63, 3.8) is 0 Å². The molecule has 116 valence electrons. The summed E-state index contributed by atoms with van der Waals surface area (Å²) in [6, 6.07) is 7.19. The van der Waals surface area contributed by atoms with Crippen molar-refractivity contribution in [2.24, 2.45) is 0 Å². The molecule has 1 atom stereocenters. The van der Waals surface area contributed by atoms with Gasteiger partial charge in [-0.15, -0.1) is 0 Å². The van der Waals surface area contributed by atoms with Crippen LogP contribution in [0.5, 0.6) is 0 Å². The van der Waals surface area contributed by atoms with Gasteiger partial charge in [0.15, 0.2) is 0 Å². The average Bonchev–Trinajstić information content (AvgIpc) is 2.90. The summed E-state index contributed by atoms with van der Waals surface area (Å²) in [7, 11) is 0. The third-order valence-electron chi connectivity index (χ3n) is 5.60. The predicted octanol–water partition coefficient (Wildman–Crippen LogP) is 3.53. The van der Waals surface area contributed by atoms with Crippen molar-refractivity contribution in [2.75, 3.05) is 13.1 Å². The fourth-order valence-corrected chi connectivity index (χ4v) is 3.80.